The van der Waals surface area contributed by atoms with Crippen LogP contribution in [0.5, 0.6) is 0 Å². The van der Waals surface area contributed by atoms with Crippen molar-refractivity contribution in [1.29, 1.82) is 0 Å². The van der Waals surface area contributed by atoms with Crippen molar-refractivity contribution in [2.75, 3.05) is 19.7 Å². The van der Waals surface area contributed by atoms with Gasteiger partial charge in [0.25, 0.3) is 0 Å². The van der Waals surface area contributed by atoms with Gasteiger partial charge in [0.15, 0.2) is 0 Å². The van der Waals surface area contributed by atoms with Crippen LogP contribution in [0.25, 0.3) is 0 Å². The molecule has 0 aliphatic carbocycles. The first kappa shape index (κ1) is 16.5. The van der Waals surface area contributed by atoms with E-state index in [0.29, 0.717) is 31.1 Å². The minimum Gasteiger partial charge on any atom is -0.375 e. The van der Waals surface area contributed by atoms with Crippen LogP contribution in [0.4, 0.5) is 0 Å². The first-order valence-electron chi connectivity index (χ1n) is 7.42. The van der Waals surface area contributed by atoms with Gasteiger partial charge in [-0.1, -0.05) is 6.92 Å². The molecule has 0 amide bonds. The first-order chi connectivity index (χ1) is 9.90. The Balaban J connectivity index is 2.31. The van der Waals surface area contributed by atoms with Crippen molar-refractivity contribution in [3.8, 4) is 0 Å². The normalized spacial score (nSPS) is 21.1. The molecule has 1 aliphatic heterocycles. The fraction of sp³-hybridized carbons (Fsp3) is 0.714. The first-order valence-corrected chi connectivity index (χ1v) is 8.86. The van der Waals surface area contributed by atoms with Gasteiger partial charge in [-0.2, -0.15) is 4.31 Å². The highest BCUT2D eigenvalue weighted by atomic mass is 32.2. The molecule has 2 heterocycles. The molecular weight excluding hydrogens is 290 g/mol. The molecule has 0 saturated carbocycles. The summed E-state index contributed by atoms with van der Waals surface area (Å²) in [4.78, 5) is 0.327. The van der Waals surface area contributed by atoms with Gasteiger partial charge in [-0.25, -0.2) is 8.42 Å². The summed E-state index contributed by atoms with van der Waals surface area (Å²) in [5, 5.41) is 0. The van der Waals surface area contributed by atoms with Gasteiger partial charge in [0, 0.05) is 37.6 Å². The van der Waals surface area contributed by atoms with Crippen molar-refractivity contribution in [2.24, 2.45) is 5.73 Å². The molecule has 2 N–H and O–H groups in total. The van der Waals surface area contributed by atoms with E-state index in [4.69, 9.17) is 10.5 Å². The zero-order valence-corrected chi connectivity index (χ0v) is 13.8. The molecule has 1 atom stereocenters. The molecule has 0 bridgehead atoms. The molecule has 0 spiro atoms. The van der Waals surface area contributed by atoms with Gasteiger partial charge in [-0.15, -0.1) is 0 Å². The SMILES string of the molecule is CCC1CN(S(=O)(=O)c2cc(CN)n(C(C)C)c2)CCO1. The molecule has 1 saturated heterocycles. The molecule has 0 radical (unpaired) electrons. The molecule has 0 aromatic carbocycles. The van der Waals surface area contributed by atoms with E-state index in [1.54, 1.807) is 12.3 Å². The quantitative estimate of drug-likeness (QED) is 0.889. The molecule has 1 aliphatic rings. The second-order valence-electron chi connectivity index (χ2n) is 5.64. The molecule has 120 valence electrons. The van der Waals surface area contributed by atoms with Crippen LogP contribution in [-0.4, -0.2) is 43.1 Å². The second kappa shape index (κ2) is 6.48. The Labute approximate surface area is 126 Å². The topological polar surface area (TPSA) is 77.6 Å². The Morgan fingerprint density at radius 2 is 2.19 bits per heavy atom. The maximum atomic E-state index is 12.8. The van der Waals surface area contributed by atoms with E-state index in [1.807, 2.05) is 25.3 Å². The minimum atomic E-state index is -3.47. The lowest BCUT2D eigenvalue weighted by molar-refractivity contribution is -0.00278. The Hall–Kier alpha value is -0.890. The summed E-state index contributed by atoms with van der Waals surface area (Å²) >= 11 is 0. The van der Waals surface area contributed by atoms with Crippen LogP contribution in [0, 0.1) is 0 Å². The van der Waals surface area contributed by atoms with E-state index in [-0.39, 0.29) is 12.1 Å². The largest absolute Gasteiger partial charge is 0.375 e. The summed E-state index contributed by atoms with van der Waals surface area (Å²) in [5.74, 6) is 0. The number of nitrogens with zero attached hydrogens (tertiary/aromatic N) is 2. The smallest absolute Gasteiger partial charge is 0.244 e. The summed E-state index contributed by atoms with van der Waals surface area (Å²) < 4.78 is 34.5. The van der Waals surface area contributed by atoms with E-state index >= 15 is 0 Å². The lowest BCUT2D eigenvalue weighted by Crippen LogP contribution is -2.45. The number of nitrogens with two attached hydrogens (primary N) is 1. The summed E-state index contributed by atoms with van der Waals surface area (Å²) in [5.41, 5.74) is 6.55. The third-order valence-corrected chi connectivity index (χ3v) is 5.70. The standard InChI is InChI=1S/C14H25N3O3S/c1-4-13-9-16(5-6-20-13)21(18,19)14-7-12(8-15)17(10-14)11(2)3/h7,10-11,13H,4-6,8-9,15H2,1-3H3. The predicted molar refractivity (Wildman–Crippen MR) is 81.5 cm³/mol. The summed E-state index contributed by atoms with van der Waals surface area (Å²) in [6.07, 6.45) is 2.49. The van der Waals surface area contributed by atoms with E-state index < -0.39 is 10.0 Å². The van der Waals surface area contributed by atoms with E-state index in [1.165, 1.54) is 4.31 Å². The van der Waals surface area contributed by atoms with Gasteiger partial charge in [0.2, 0.25) is 10.0 Å². The summed E-state index contributed by atoms with van der Waals surface area (Å²) in [7, 11) is -3.47. The number of morpholine rings is 1. The number of sulfonamides is 1. The maximum absolute atomic E-state index is 12.8. The molecule has 1 aromatic rings. The van der Waals surface area contributed by atoms with E-state index in [9.17, 15) is 8.42 Å². The fourth-order valence-corrected chi connectivity index (χ4v) is 4.10. The van der Waals surface area contributed by atoms with E-state index in [2.05, 4.69) is 0 Å². The molecule has 2 rings (SSSR count). The summed E-state index contributed by atoms with van der Waals surface area (Å²) in [6, 6.07) is 1.87. The van der Waals surface area contributed by atoms with Crippen LogP contribution < -0.4 is 5.73 Å². The van der Waals surface area contributed by atoms with Gasteiger partial charge < -0.3 is 15.0 Å². The fourth-order valence-electron chi connectivity index (χ4n) is 2.59. The zero-order chi connectivity index (χ0) is 15.6. The summed E-state index contributed by atoms with van der Waals surface area (Å²) in [6.45, 7) is 7.63. The van der Waals surface area contributed by atoms with Crippen molar-refractivity contribution in [1.82, 2.24) is 8.87 Å². The second-order valence-corrected chi connectivity index (χ2v) is 7.57. The van der Waals surface area contributed by atoms with Gasteiger partial charge in [0.05, 0.1) is 12.7 Å². The Kier molecular flexibility index (Phi) is 5.08. The van der Waals surface area contributed by atoms with Gasteiger partial charge >= 0.3 is 0 Å². The highest BCUT2D eigenvalue weighted by Crippen LogP contribution is 2.24. The lowest BCUT2D eigenvalue weighted by Gasteiger charge is -2.31. The van der Waals surface area contributed by atoms with Gasteiger partial charge in [-0.05, 0) is 26.3 Å². The molecule has 6 nitrogen and oxygen atoms in total. The van der Waals surface area contributed by atoms with Gasteiger partial charge in [-0.3, -0.25) is 0 Å². The molecular formula is C14H25N3O3S. The van der Waals surface area contributed by atoms with Crippen LogP contribution in [0.15, 0.2) is 17.2 Å². The highest BCUT2D eigenvalue weighted by Gasteiger charge is 2.31. The lowest BCUT2D eigenvalue weighted by atomic mass is 10.2. The number of aromatic nitrogens is 1. The van der Waals surface area contributed by atoms with E-state index in [0.717, 1.165) is 12.1 Å². The highest BCUT2D eigenvalue weighted by molar-refractivity contribution is 7.89. The van der Waals surface area contributed by atoms with Crippen LogP contribution in [-0.2, 0) is 21.3 Å². The predicted octanol–water partition coefficient (Wildman–Crippen LogP) is 1.33. The molecule has 1 aromatic heterocycles. The number of ether oxygens (including phenoxy) is 1. The molecule has 7 heteroatoms. The average molecular weight is 315 g/mol. The number of hydrogen-bond donors (Lipinski definition) is 1. The zero-order valence-electron chi connectivity index (χ0n) is 12.9. The minimum absolute atomic E-state index is 0.0188. The van der Waals surface area contributed by atoms with Crippen molar-refractivity contribution in [3.63, 3.8) is 0 Å². The van der Waals surface area contributed by atoms with Crippen molar-refractivity contribution in [2.45, 2.75) is 50.8 Å². The van der Waals surface area contributed by atoms with Crippen molar-refractivity contribution >= 4 is 10.0 Å². The van der Waals surface area contributed by atoms with Crippen LogP contribution in [0.2, 0.25) is 0 Å². The van der Waals surface area contributed by atoms with Crippen molar-refractivity contribution in [3.05, 3.63) is 18.0 Å². The monoisotopic (exact) mass is 315 g/mol. The molecule has 21 heavy (non-hydrogen) atoms. The van der Waals surface area contributed by atoms with Gasteiger partial charge in [0.1, 0.15) is 4.90 Å². The Morgan fingerprint density at radius 3 is 2.71 bits per heavy atom. The molecule has 1 fully saturated rings. The van der Waals surface area contributed by atoms with Crippen LogP contribution in [0.1, 0.15) is 38.9 Å². The number of hydrogen-bond acceptors (Lipinski definition) is 4. The van der Waals surface area contributed by atoms with Crippen LogP contribution >= 0.6 is 0 Å². The van der Waals surface area contributed by atoms with Crippen molar-refractivity contribution < 1.29 is 13.2 Å². The average Bonchev–Trinajstić information content (AvgIpc) is 2.92. The third kappa shape index (κ3) is 3.31. The Bertz CT molecular complexity index is 580. The van der Waals surface area contributed by atoms with Crippen LogP contribution in [0.3, 0.4) is 0 Å². The Morgan fingerprint density at radius 1 is 1.48 bits per heavy atom. The third-order valence-electron chi connectivity index (χ3n) is 3.87. The maximum Gasteiger partial charge on any atom is 0.244 e. The molecule has 1 unspecified atom stereocenters. The number of rotatable bonds is 5.